The molecule has 0 fully saturated rings. The summed E-state index contributed by atoms with van der Waals surface area (Å²) in [5.74, 6) is -0.255. The zero-order valence-electron chi connectivity index (χ0n) is 16.2. The number of benzene rings is 4. The maximum atomic E-state index is 12.6. The van der Waals surface area contributed by atoms with Crippen LogP contribution in [0.3, 0.4) is 0 Å². The minimum atomic E-state index is -0.301. The van der Waals surface area contributed by atoms with Crippen LogP contribution in [0.15, 0.2) is 97.1 Å². The van der Waals surface area contributed by atoms with Crippen molar-refractivity contribution < 1.29 is 14.3 Å². The fourth-order valence-electron chi connectivity index (χ4n) is 3.16. The average molecular weight is 396 g/mol. The Morgan fingerprint density at radius 3 is 2.27 bits per heavy atom. The number of carbonyl (C=O) groups excluding carboxylic acids is 2. The number of rotatable bonds is 6. The molecule has 0 saturated carbocycles. The normalized spacial score (nSPS) is 10.4. The largest absolute Gasteiger partial charge is 0.483 e. The summed E-state index contributed by atoms with van der Waals surface area (Å²) >= 11 is 0. The molecule has 5 heteroatoms. The first-order chi connectivity index (χ1) is 14.7. The van der Waals surface area contributed by atoms with Gasteiger partial charge in [-0.1, -0.05) is 66.7 Å². The SMILES string of the molecule is O=C(COc1ccccc1C(=O)Nc1ccccc1)Nc1cccc2ccccc12. The number of carbonyl (C=O) groups is 2. The van der Waals surface area contributed by atoms with Crippen molar-refractivity contribution in [3.05, 3.63) is 103 Å². The second-order valence-corrected chi connectivity index (χ2v) is 6.68. The van der Waals surface area contributed by atoms with Crippen LogP contribution in [-0.4, -0.2) is 18.4 Å². The molecular weight excluding hydrogens is 376 g/mol. The molecule has 4 aromatic rings. The number of ether oxygens (including phenoxy) is 1. The Balaban J connectivity index is 1.43. The summed E-state index contributed by atoms with van der Waals surface area (Å²) in [4.78, 5) is 25.1. The smallest absolute Gasteiger partial charge is 0.262 e. The van der Waals surface area contributed by atoms with Crippen LogP contribution in [0.2, 0.25) is 0 Å². The lowest BCUT2D eigenvalue weighted by molar-refractivity contribution is -0.118. The molecule has 148 valence electrons. The number of amides is 2. The fourth-order valence-corrected chi connectivity index (χ4v) is 3.16. The second-order valence-electron chi connectivity index (χ2n) is 6.68. The molecule has 0 aliphatic rings. The quantitative estimate of drug-likeness (QED) is 0.476. The van der Waals surface area contributed by atoms with Crippen molar-refractivity contribution in [3.8, 4) is 5.75 Å². The van der Waals surface area contributed by atoms with Gasteiger partial charge in [0.05, 0.1) is 5.56 Å². The van der Waals surface area contributed by atoms with E-state index in [9.17, 15) is 9.59 Å². The van der Waals surface area contributed by atoms with E-state index in [2.05, 4.69) is 10.6 Å². The second kappa shape index (κ2) is 8.92. The maximum Gasteiger partial charge on any atom is 0.262 e. The van der Waals surface area contributed by atoms with Gasteiger partial charge in [0.2, 0.25) is 0 Å². The lowest BCUT2D eigenvalue weighted by atomic mass is 10.1. The summed E-state index contributed by atoms with van der Waals surface area (Å²) in [6.07, 6.45) is 0. The van der Waals surface area contributed by atoms with Crippen LogP contribution >= 0.6 is 0 Å². The van der Waals surface area contributed by atoms with Gasteiger partial charge in [-0.25, -0.2) is 0 Å². The van der Waals surface area contributed by atoms with Gasteiger partial charge in [-0.05, 0) is 35.7 Å². The molecule has 4 aromatic carbocycles. The lowest BCUT2D eigenvalue weighted by Gasteiger charge is -2.13. The van der Waals surface area contributed by atoms with E-state index < -0.39 is 0 Å². The Bertz CT molecular complexity index is 1180. The molecule has 0 aliphatic heterocycles. The van der Waals surface area contributed by atoms with Crippen molar-refractivity contribution >= 4 is 34.0 Å². The molecule has 0 saturated heterocycles. The average Bonchev–Trinajstić information content (AvgIpc) is 2.79. The number of hydrogen-bond acceptors (Lipinski definition) is 3. The van der Waals surface area contributed by atoms with Crippen LogP contribution in [0.4, 0.5) is 11.4 Å². The van der Waals surface area contributed by atoms with Crippen LogP contribution in [0, 0.1) is 0 Å². The number of anilines is 2. The Morgan fingerprint density at radius 2 is 1.40 bits per heavy atom. The van der Waals surface area contributed by atoms with Crippen molar-refractivity contribution in [2.75, 3.05) is 17.2 Å². The third-order valence-electron chi connectivity index (χ3n) is 4.59. The summed E-state index contributed by atoms with van der Waals surface area (Å²) in [5, 5.41) is 7.70. The molecule has 0 aromatic heterocycles. The summed E-state index contributed by atoms with van der Waals surface area (Å²) < 4.78 is 5.67. The van der Waals surface area contributed by atoms with E-state index in [1.807, 2.05) is 60.7 Å². The molecule has 2 amide bonds. The Morgan fingerprint density at radius 1 is 0.700 bits per heavy atom. The lowest BCUT2D eigenvalue weighted by Crippen LogP contribution is -2.21. The Kier molecular flexibility index (Phi) is 5.71. The molecule has 0 aliphatic carbocycles. The summed E-state index contributed by atoms with van der Waals surface area (Å²) in [6, 6.07) is 29.6. The fraction of sp³-hybridized carbons (Fsp3) is 0.0400. The molecule has 2 N–H and O–H groups in total. The van der Waals surface area contributed by atoms with E-state index in [4.69, 9.17) is 4.74 Å². The van der Waals surface area contributed by atoms with Gasteiger partial charge in [-0.2, -0.15) is 0 Å². The molecule has 0 heterocycles. The van der Waals surface area contributed by atoms with Gasteiger partial charge < -0.3 is 15.4 Å². The van der Waals surface area contributed by atoms with Gasteiger partial charge in [0.15, 0.2) is 6.61 Å². The third kappa shape index (κ3) is 4.47. The molecule has 0 unspecified atom stereocenters. The van der Waals surface area contributed by atoms with Crippen LogP contribution in [0.5, 0.6) is 5.75 Å². The molecule has 0 radical (unpaired) electrons. The maximum absolute atomic E-state index is 12.6. The molecule has 30 heavy (non-hydrogen) atoms. The van der Waals surface area contributed by atoms with Crippen molar-refractivity contribution in [2.45, 2.75) is 0 Å². The number of para-hydroxylation sites is 2. The van der Waals surface area contributed by atoms with Gasteiger partial charge in [0.1, 0.15) is 5.75 Å². The molecule has 0 bridgehead atoms. The number of hydrogen-bond donors (Lipinski definition) is 2. The number of nitrogens with one attached hydrogen (secondary N) is 2. The first-order valence-corrected chi connectivity index (χ1v) is 9.56. The minimum Gasteiger partial charge on any atom is -0.483 e. The van der Waals surface area contributed by atoms with Crippen molar-refractivity contribution in [1.29, 1.82) is 0 Å². The number of fused-ring (bicyclic) bond motifs is 1. The van der Waals surface area contributed by atoms with Gasteiger partial charge in [0.25, 0.3) is 11.8 Å². The molecule has 4 rings (SSSR count). The third-order valence-corrected chi connectivity index (χ3v) is 4.59. The van der Waals surface area contributed by atoms with Crippen LogP contribution in [-0.2, 0) is 4.79 Å². The summed E-state index contributed by atoms with van der Waals surface area (Å²) in [7, 11) is 0. The van der Waals surface area contributed by atoms with E-state index in [1.54, 1.807) is 36.4 Å². The Hall–Kier alpha value is -4.12. The van der Waals surface area contributed by atoms with Gasteiger partial charge in [-0.15, -0.1) is 0 Å². The first kappa shape index (κ1) is 19.2. The van der Waals surface area contributed by atoms with Crippen LogP contribution < -0.4 is 15.4 Å². The van der Waals surface area contributed by atoms with Crippen molar-refractivity contribution in [2.24, 2.45) is 0 Å². The molecular formula is C25H20N2O3. The first-order valence-electron chi connectivity index (χ1n) is 9.56. The molecule has 0 spiro atoms. The van der Waals surface area contributed by atoms with E-state index in [0.717, 1.165) is 16.5 Å². The monoisotopic (exact) mass is 396 g/mol. The van der Waals surface area contributed by atoms with Crippen molar-refractivity contribution in [3.63, 3.8) is 0 Å². The van der Waals surface area contributed by atoms with E-state index >= 15 is 0 Å². The predicted octanol–water partition coefficient (Wildman–Crippen LogP) is 5.11. The van der Waals surface area contributed by atoms with Crippen molar-refractivity contribution in [1.82, 2.24) is 0 Å². The van der Waals surface area contributed by atoms with E-state index in [0.29, 0.717) is 17.0 Å². The van der Waals surface area contributed by atoms with Gasteiger partial charge in [-0.3, -0.25) is 9.59 Å². The minimum absolute atomic E-state index is 0.209. The Labute approximate surface area is 174 Å². The molecule has 0 atom stereocenters. The highest BCUT2D eigenvalue weighted by Crippen LogP contribution is 2.23. The highest BCUT2D eigenvalue weighted by atomic mass is 16.5. The molecule has 5 nitrogen and oxygen atoms in total. The topological polar surface area (TPSA) is 67.4 Å². The van der Waals surface area contributed by atoms with E-state index in [-0.39, 0.29) is 18.4 Å². The zero-order chi connectivity index (χ0) is 20.8. The predicted molar refractivity (Wildman–Crippen MR) is 119 cm³/mol. The highest BCUT2D eigenvalue weighted by Gasteiger charge is 2.14. The standard InChI is InChI=1S/C25H20N2O3/c28-24(27-22-15-8-10-18-9-4-5-13-20(18)22)17-30-23-16-7-6-14-21(23)25(29)26-19-11-2-1-3-12-19/h1-16H,17H2,(H,26,29)(H,27,28). The van der Waals surface area contributed by atoms with Crippen LogP contribution in [0.1, 0.15) is 10.4 Å². The van der Waals surface area contributed by atoms with Gasteiger partial charge in [0, 0.05) is 16.8 Å². The summed E-state index contributed by atoms with van der Waals surface area (Å²) in [6.45, 7) is -0.209. The van der Waals surface area contributed by atoms with Gasteiger partial charge >= 0.3 is 0 Å². The highest BCUT2D eigenvalue weighted by molar-refractivity contribution is 6.06. The zero-order valence-corrected chi connectivity index (χ0v) is 16.2. The van der Waals surface area contributed by atoms with E-state index in [1.165, 1.54) is 0 Å². The van der Waals surface area contributed by atoms with Crippen LogP contribution in [0.25, 0.3) is 10.8 Å². The summed E-state index contributed by atoms with van der Waals surface area (Å²) in [5.41, 5.74) is 1.77.